The molecule has 3 rings (SSSR count). The van der Waals surface area contributed by atoms with Gasteiger partial charge in [0.2, 0.25) is 10.0 Å². The highest BCUT2D eigenvalue weighted by Crippen LogP contribution is 2.15. The summed E-state index contributed by atoms with van der Waals surface area (Å²) in [6.07, 6.45) is 1.98. The van der Waals surface area contributed by atoms with Crippen molar-refractivity contribution in [2.75, 3.05) is 0 Å². The van der Waals surface area contributed by atoms with Crippen molar-refractivity contribution >= 4 is 10.0 Å². The predicted octanol–water partition coefficient (Wildman–Crippen LogP) is 3.63. The van der Waals surface area contributed by atoms with Crippen LogP contribution in [-0.2, 0) is 23.1 Å². The first kappa shape index (κ1) is 17.5. The van der Waals surface area contributed by atoms with E-state index in [2.05, 4.69) is 41.3 Å². The van der Waals surface area contributed by atoms with E-state index in [1.807, 2.05) is 18.3 Å². The molecule has 1 aromatic heterocycles. The largest absolute Gasteiger partial charge is 0.346 e. The molecule has 0 radical (unpaired) electrons. The Morgan fingerprint density at radius 2 is 1.72 bits per heavy atom. The second-order valence-electron chi connectivity index (χ2n) is 6.19. The Morgan fingerprint density at radius 1 is 0.960 bits per heavy atom. The van der Waals surface area contributed by atoms with Crippen LogP contribution in [0.5, 0.6) is 0 Å². The Labute approximate surface area is 149 Å². The number of hydrogen-bond donors (Lipinski definition) is 1. The van der Waals surface area contributed by atoms with Crippen molar-refractivity contribution in [1.29, 1.82) is 0 Å². The fraction of sp³-hybridized carbons (Fsp3) is 0.200. The summed E-state index contributed by atoms with van der Waals surface area (Å²) in [6.45, 7) is 5.15. The van der Waals surface area contributed by atoms with Crippen LogP contribution in [0.15, 0.2) is 71.8 Å². The van der Waals surface area contributed by atoms with Crippen molar-refractivity contribution < 1.29 is 8.42 Å². The molecule has 0 bridgehead atoms. The molecule has 2 aromatic carbocycles. The third kappa shape index (κ3) is 4.18. The maximum Gasteiger partial charge on any atom is 0.240 e. The first-order valence-electron chi connectivity index (χ1n) is 8.20. The zero-order valence-electron chi connectivity index (χ0n) is 14.4. The summed E-state index contributed by atoms with van der Waals surface area (Å²) in [7, 11) is -3.50. The van der Waals surface area contributed by atoms with Gasteiger partial charge in [-0.2, -0.15) is 0 Å². The minimum absolute atomic E-state index is 0.259. The summed E-state index contributed by atoms with van der Waals surface area (Å²) in [5, 5.41) is 0. The molecule has 130 valence electrons. The van der Waals surface area contributed by atoms with Crippen LogP contribution in [0, 0.1) is 13.8 Å². The number of aromatic nitrogens is 1. The Kier molecular flexibility index (Phi) is 5.06. The van der Waals surface area contributed by atoms with E-state index in [1.165, 1.54) is 16.7 Å². The average Bonchev–Trinajstić information content (AvgIpc) is 3.04. The van der Waals surface area contributed by atoms with E-state index in [0.717, 1.165) is 12.2 Å². The van der Waals surface area contributed by atoms with Crippen LogP contribution in [0.3, 0.4) is 0 Å². The highest BCUT2D eigenvalue weighted by atomic mass is 32.2. The zero-order valence-corrected chi connectivity index (χ0v) is 15.3. The molecule has 0 atom stereocenters. The number of sulfonamides is 1. The number of hydrogen-bond acceptors (Lipinski definition) is 2. The van der Waals surface area contributed by atoms with Gasteiger partial charge >= 0.3 is 0 Å². The van der Waals surface area contributed by atoms with E-state index in [4.69, 9.17) is 0 Å². The van der Waals surface area contributed by atoms with E-state index in [-0.39, 0.29) is 11.4 Å². The Bertz CT molecular complexity index is 960. The van der Waals surface area contributed by atoms with E-state index in [0.29, 0.717) is 0 Å². The first-order valence-corrected chi connectivity index (χ1v) is 9.69. The summed E-state index contributed by atoms with van der Waals surface area (Å²) < 4.78 is 29.5. The van der Waals surface area contributed by atoms with Gasteiger partial charge in [-0.15, -0.1) is 0 Å². The maximum atomic E-state index is 12.4. The Morgan fingerprint density at radius 3 is 2.48 bits per heavy atom. The SMILES string of the molecule is Cc1ccc(C)c(Cn2cccc2CNS(=O)(=O)c2ccccc2)c1. The molecule has 0 saturated carbocycles. The molecule has 0 unspecified atom stereocenters. The fourth-order valence-electron chi connectivity index (χ4n) is 2.77. The lowest BCUT2D eigenvalue weighted by Crippen LogP contribution is -2.24. The standard InChI is InChI=1S/C20H22N2O2S/c1-16-10-11-17(2)18(13-16)15-22-12-6-7-19(22)14-21-25(23,24)20-8-4-3-5-9-20/h3-13,21H,14-15H2,1-2H3. The number of nitrogens with zero attached hydrogens (tertiary/aromatic N) is 1. The van der Waals surface area contributed by atoms with Crippen molar-refractivity contribution in [3.8, 4) is 0 Å². The summed E-state index contributed by atoms with van der Waals surface area (Å²) >= 11 is 0. The van der Waals surface area contributed by atoms with Crippen molar-refractivity contribution in [2.45, 2.75) is 31.8 Å². The summed E-state index contributed by atoms with van der Waals surface area (Å²) in [5.74, 6) is 0. The molecular weight excluding hydrogens is 332 g/mol. The van der Waals surface area contributed by atoms with E-state index in [1.54, 1.807) is 30.3 Å². The van der Waals surface area contributed by atoms with Gasteiger partial charge in [0.25, 0.3) is 0 Å². The van der Waals surface area contributed by atoms with Crippen molar-refractivity contribution in [3.05, 3.63) is 89.2 Å². The van der Waals surface area contributed by atoms with E-state index in [9.17, 15) is 8.42 Å². The highest BCUT2D eigenvalue weighted by Gasteiger charge is 2.14. The lowest BCUT2D eigenvalue weighted by Gasteiger charge is -2.13. The van der Waals surface area contributed by atoms with Crippen LogP contribution in [0.2, 0.25) is 0 Å². The van der Waals surface area contributed by atoms with Gasteiger partial charge in [0.1, 0.15) is 0 Å². The Hall–Kier alpha value is -2.37. The predicted molar refractivity (Wildman–Crippen MR) is 99.9 cm³/mol. The second-order valence-corrected chi connectivity index (χ2v) is 7.96. The third-order valence-corrected chi connectivity index (χ3v) is 5.68. The van der Waals surface area contributed by atoms with Crippen LogP contribution in [0.1, 0.15) is 22.4 Å². The van der Waals surface area contributed by atoms with Crippen LogP contribution < -0.4 is 4.72 Å². The molecule has 0 aliphatic heterocycles. The zero-order chi connectivity index (χ0) is 17.9. The molecule has 4 nitrogen and oxygen atoms in total. The van der Waals surface area contributed by atoms with Gasteiger partial charge < -0.3 is 4.57 Å². The Balaban J connectivity index is 1.75. The van der Waals surface area contributed by atoms with Gasteiger partial charge in [-0.05, 0) is 49.2 Å². The highest BCUT2D eigenvalue weighted by molar-refractivity contribution is 7.89. The number of nitrogens with one attached hydrogen (secondary N) is 1. The van der Waals surface area contributed by atoms with Gasteiger partial charge in [-0.1, -0.05) is 42.0 Å². The molecule has 0 saturated heterocycles. The average molecular weight is 354 g/mol. The van der Waals surface area contributed by atoms with Gasteiger partial charge in [-0.25, -0.2) is 13.1 Å². The maximum absolute atomic E-state index is 12.4. The quantitative estimate of drug-likeness (QED) is 0.735. The molecule has 0 aliphatic carbocycles. The van der Waals surface area contributed by atoms with E-state index < -0.39 is 10.0 Å². The number of rotatable bonds is 6. The lowest BCUT2D eigenvalue weighted by molar-refractivity contribution is 0.578. The minimum Gasteiger partial charge on any atom is -0.346 e. The van der Waals surface area contributed by atoms with Crippen molar-refractivity contribution in [3.63, 3.8) is 0 Å². The summed E-state index contributed by atoms with van der Waals surface area (Å²) in [4.78, 5) is 0.280. The number of benzene rings is 2. The molecule has 1 heterocycles. The smallest absolute Gasteiger partial charge is 0.240 e. The van der Waals surface area contributed by atoms with Gasteiger partial charge in [0.05, 0.1) is 11.4 Å². The molecular formula is C20H22N2O2S. The van der Waals surface area contributed by atoms with Crippen LogP contribution in [0.4, 0.5) is 0 Å². The summed E-state index contributed by atoms with van der Waals surface area (Å²) in [6, 6.07) is 18.7. The first-order chi connectivity index (χ1) is 12.0. The van der Waals surface area contributed by atoms with Crippen molar-refractivity contribution in [2.24, 2.45) is 0 Å². The lowest BCUT2D eigenvalue weighted by atomic mass is 10.1. The topological polar surface area (TPSA) is 51.1 Å². The van der Waals surface area contributed by atoms with Gasteiger partial charge in [0.15, 0.2) is 0 Å². The summed E-state index contributed by atoms with van der Waals surface area (Å²) in [5.41, 5.74) is 4.62. The molecule has 3 aromatic rings. The molecule has 1 N–H and O–H groups in total. The minimum atomic E-state index is -3.50. The molecule has 0 amide bonds. The van der Waals surface area contributed by atoms with E-state index >= 15 is 0 Å². The van der Waals surface area contributed by atoms with Gasteiger partial charge in [0, 0.05) is 18.4 Å². The molecule has 0 aliphatic rings. The van der Waals surface area contributed by atoms with Crippen LogP contribution in [-0.4, -0.2) is 13.0 Å². The van der Waals surface area contributed by atoms with Crippen molar-refractivity contribution in [1.82, 2.24) is 9.29 Å². The normalized spacial score (nSPS) is 11.6. The van der Waals surface area contributed by atoms with Crippen LogP contribution in [0.25, 0.3) is 0 Å². The number of aryl methyl sites for hydroxylation is 2. The molecule has 0 fully saturated rings. The van der Waals surface area contributed by atoms with Crippen LogP contribution >= 0.6 is 0 Å². The monoisotopic (exact) mass is 354 g/mol. The second kappa shape index (κ2) is 7.25. The van der Waals surface area contributed by atoms with Gasteiger partial charge in [-0.3, -0.25) is 0 Å². The molecule has 0 spiro atoms. The molecule has 5 heteroatoms. The fourth-order valence-corrected chi connectivity index (χ4v) is 3.79. The molecule has 25 heavy (non-hydrogen) atoms. The third-order valence-electron chi connectivity index (χ3n) is 4.27.